The zero-order valence-electron chi connectivity index (χ0n) is 9.30. The standard InChI is InChI=1S/C13H18O3/c14-12(13(15)7-4-8-13)10-16-9-11-5-2-1-3-6-11/h1-3,5-6,12,14-15H,4,7-10H2. The van der Waals surface area contributed by atoms with Crippen molar-refractivity contribution in [2.45, 2.75) is 37.6 Å². The normalized spacial score (nSPS) is 20.1. The highest BCUT2D eigenvalue weighted by atomic mass is 16.5. The van der Waals surface area contributed by atoms with Gasteiger partial charge in [-0.1, -0.05) is 30.3 Å². The van der Waals surface area contributed by atoms with Crippen molar-refractivity contribution >= 4 is 0 Å². The van der Waals surface area contributed by atoms with Gasteiger partial charge in [0.15, 0.2) is 0 Å². The number of benzene rings is 1. The maximum absolute atomic E-state index is 9.85. The van der Waals surface area contributed by atoms with Crippen LogP contribution in [0.2, 0.25) is 0 Å². The van der Waals surface area contributed by atoms with Crippen LogP contribution in [0.4, 0.5) is 0 Å². The van der Waals surface area contributed by atoms with E-state index < -0.39 is 11.7 Å². The molecular formula is C13H18O3. The molecule has 1 aliphatic carbocycles. The summed E-state index contributed by atoms with van der Waals surface area (Å²) in [6.07, 6.45) is 1.60. The molecule has 1 saturated carbocycles. The molecule has 1 aromatic rings. The molecule has 0 saturated heterocycles. The summed E-state index contributed by atoms with van der Waals surface area (Å²) in [7, 11) is 0. The van der Waals surface area contributed by atoms with Crippen molar-refractivity contribution in [3.63, 3.8) is 0 Å². The average molecular weight is 222 g/mol. The highest BCUT2D eigenvalue weighted by Crippen LogP contribution is 2.34. The van der Waals surface area contributed by atoms with Gasteiger partial charge in [0, 0.05) is 0 Å². The summed E-state index contributed by atoms with van der Waals surface area (Å²) in [4.78, 5) is 0. The molecule has 1 fully saturated rings. The first-order valence-electron chi connectivity index (χ1n) is 5.73. The van der Waals surface area contributed by atoms with E-state index in [0.29, 0.717) is 19.4 Å². The van der Waals surface area contributed by atoms with Gasteiger partial charge in [0.05, 0.1) is 18.8 Å². The van der Waals surface area contributed by atoms with Crippen LogP contribution in [0.25, 0.3) is 0 Å². The fourth-order valence-corrected chi connectivity index (χ4v) is 1.89. The van der Waals surface area contributed by atoms with E-state index in [4.69, 9.17) is 4.74 Å². The zero-order chi connectivity index (χ0) is 11.4. The van der Waals surface area contributed by atoms with Crippen molar-refractivity contribution in [3.8, 4) is 0 Å². The molecule has 0 bridgehead atoms. The molecular weight excluding hydrogens is 204 g/mol. The van der Waals surface area contributed by atoms with E-state index in [-0.39, 0.29) is 6.61 Å². The summed E-state index contributed by atoms with van der Waals surface area (Å²) >= 11 is 0. The van der Waals surface area contributed by atoms with E-state index in [1.54, 1.807) is 0 Å². The Morgan fingerprint density at radius 3 is 2.50 bits per heavy atom. The fraction of sp³-hybridized carbons (Fsp3) is 0.538. The molecule has 2 rings (SSSR count). The van der Waals surface area contributed by atoms with Gasteiger partial charge in [0.1, 0.15) is 6.10 Å². The summed E-state index contributed by atoms with van der Waals surface area (Å²) in [5, 5.41) is 19.6. The maximum atomic E-state index is 9.85. The molecule has 0 spiro atoms. The predicted molar refractivity (Wildman–Crippen MR) is 60.9 cm³/mol. The quantitative estimate of drug-likeness (QED) is 0.793. The minimum atomic E-state index is -0.892. The lowest BCUT2D eigenvalue weighted by atomic mass is 9.76. The molecule has 2 N–H and O–H groups in total. The summed E-state index contributed by atoms with van der Waals surface area (Å²) in [5.41, 5.74) is 0.187. The third-order valence-electron chi connectivity index (χ3n) is 3.23. The van der Waals surface area contributed by atoms with Gasteiger partial charge in [0.25, 0.3) is 0 Å². The van der Waals surface area contributed by atoms with E-state index >= 15 is 0 Å². The highest BCUT2D eigenvalue weighted by molar-refractivity contribution is 5.13. The van der Waals surface area contributed by atoms with Crippen molar-refractivity contribution in [2.24, 2.45) is 0 Å². The lowest BCUT2D eigenvalue weighted by Gasteiger charge is -2.40. The van der Waals surface area contributed by atoms with Crippen molar-refractivity contribution in [3.05, 3.63) is 35.9 Å². The molecule has 0 heterocycles. The van der Waals surface area contributed by atoms with Crippen LogP contribution in [0.1, 0.15) is 24.8 Å². The van der Waals surface area contributed by atoms with Crippen LogP contribution in [0.15, 0.2) is 30.3 Å². The first-order chi connectivity index (χ1) is 7.71. The number of ether oxygens (including phenoxy) is 1. The van der Waals surface area contributed by atoms with Gasteiger partial charge in [0.2, 0.25) is 0 Å². The van der Waals surface area contributed by atoms with Crippen molar-refractivity contribution in [1.29, 1.82) is 0 Å². The second kappa shape index (κ2) is 4.95. The van der Waals surface area contributed by atoms with Gasteiger partial charge < -0.3 is 14.9 Å². The van der Waals surface area contributed by atoms with Crippen LogP contribution in [0, 0.1) is 0 Å². The molecule has 1 atom stereocenters. The van der Waals surface area contributed by atoms with Crippen molar-refractivity contribution in [2.75, 3.05) is 6.61 Å². The van der Waals surface area contributed by atoms with Crippen LogP contribution < -0.4 is 0 Å². The van der Waals surface area contributed by atoms with Crippen LogP contribution >= 0.6 is 0 Å². The smallest absolute Gasteiger partial charge is 0.106 e. The Balaban J connectivity index is 1.72. The van der Waals surface area contributed by atoms with Gasteiger partial charge in [-0.25, -0.2) is 0 Å². The topological polar surface area (TPSA) is 49.7 Å². The van der Waals surface area contributed by atoms with Crippen LogP contribution in [0.5, 0.6) is 0 Å². The Morgan fingerprint density at radius 2 is 1.94 bits per heavy atom. The third kappa shape index (κ3) is 2.61. The van der Waals surface area contributed by atoms with Gasteiger partial charge in [-0.15, -0.1) is 0 Å². The third-order valence-corrected chi connectivity index (χ3v) is 3.23. The Hall–Kier alpha value is -0.900. The minimum Gasteiger partial charge on any atom is -0.388 e. The Bertz CT molecular complexity index is 319. The van der Waals surface area contributed by atoms with Crippen LogP contribution in [-0.2, 0) is 11.3 Å². The minimum absolute atomic E-state index is 0.200. The molecule has 88 valence electrons. The van der Waals surface area contributed by atoms with Crippen LogP contribution in [0.3, 0.4) is 0 Å². The summed E-state index contributed by atoms with van der Waals surface area (Å²) < 4.78 is 5.39. The maximum Gasteiger partial charge on any atom is 0.106 e. The average Bonchev–Trinajstić information content (AvgIpc) is 2.27. The molecule has 0 amide bonds. The SMILES string of the molecule is OC(COCc1ccccc1)C1(O)CCC1. The molecule has 0 aliphatic heterocycles. The van der Waals surface area contributed by atoms with E-state index in [9.17, 15) is 10.2 Å². The largest absolute Gasteiger partial charge is 0.388 e. The first kappa shape index (κ1) is 11.6. The van der Waals surface area contributed by atoms with E-state index in [1.807, 2.05) is 30.3 Å². The number of aliphatic hydroxyl groups excluding tert-OH is 1. The van der Waals surface area contributed by atoms with Crippen molar-refractivity contribution < 1.29 is 14.9 Å². The lowest BCUT2D eigenvalue weighted by molar-refractivity contribution is -0.148. The Labute approximate surface area is 95.7 Å². The zero-order valence-corrected chi connectivity index (χ0v) is 9.30. The van der Waals surface area contributed by atoms with Crippen LogP contribution in [-0.4, -0.2) is 28.5 Å². The predicted octanol–water partition coefficient (Wildman–Crippen LogP) is 1.48. The number of hydrogen-bond acceptors (Lipinski definition) is 3. The molecule has 0 radical (unpaired) electrons. The fourth-order valence-electron chi connectivity index (χ4n) is 1.89. The van der Waals surface area contributed by atoms with Gasteiger partial charge >= 0.3 is 0 Å². The highest BCUT2D eigenvalue weighted by Gasteiger charge is 2.41. The Kier molecular flexibility index (Phi) is 3.59. The molecule has 3 heteroatoms. The Morgan fingerprint density at radius 1 is 1.25 bits per heavy atom. The molecule has 0 aromatic heterocycles. The number of hydrogen-bond donors (Lipinski definition) is 2. The molecule has 1 unspecified atom stereocenters. The summed E-state index contributed by atoms with van der Waals surface area (Å²) in [6.45, 7) is 0.680. The molecule has 3 nitrogen and oxygen atoms in total. The lowest BCUT2D eigenvalue weighted by Crippen LogP contribution is -2.50. The molecule has 1 aliphatic rings. The summed E-state index contributed by atoms with van der Waals surface area (Å²) in [6, 6.07) is 9.81. The monoisotopic (exact) mass is 222 g/mol. The van der Waals surface area contributed by atoms with E-state index in [2.05, 4.69) is 0 Å². The van der Waals surface area contributed by atoms with E-state index in [1.165, 1.54) is 0 Å². The number of rotatable bonds is 5. The van der Waals surface area contributed by atoms with E-state index in [0.717, 1.165) is 12.0 Å². The van der Waals surface area contributed by atoms with Crippen molar-refractivity contribution in [1.82, 2.24) is 0 Å². The van der Waals surface area contributed by atoms with Gasteiger partial charge in [-0.05, 0) is 24.8 Å². The summed E-state index contributed by atoms with van der Waals surface area (Å²) in [5.74, 6) is 0. The number of aliphatic hydroxyl groups is 2. The molecule has 16 heavy (non-hydrogen) atoms. The first-order valence-corrected chi connectivity index (χ1v) is 5.73. The second-order valence-electron chi connectivity index (χ2n) is 4.47. The van der Waals surface area contributed by atoms with Gasteiger partial charge in [-0.3, -0.25) is 0 Å². The molecule has 1 aromatic carbocycles. The van der Waals surface area contributed by atoms with Gasteiger partial charge in [-0.2, -0.15) is 0 Å². The second-order valence-corrected chi connectivity index (χ2v) is 4.47.